The van der Waals surface area contributed by atoms with Crippen LogP contribution in [-0.2, 0) is 43.3 Å². The van der Waals surface area contributed by atoms with E-state index in [0.29, 0.717) is 6.61 Å². The molecule has 0 saturated heterocycles. The van der Waals surface area contributed by atoms with Crippen LogP contribution in [-0.4, -0.2) is 25.5 Å². The summed E-state index contributed by atoms with van der Waals surface area (Å²) in [5, 5.41) is 9.88. The fourth-order valence-corrected chi connectivity index (χ4v) is 3.78. The highest BCUT2D eigenvalue weighted by molar-refractivity contribution is 5.79. The average Bonchev–Trinajstić information content (AvgIpc) is 3.26. The molecule has 146 valence electrons. The van der Waals surface area contributed by atoms with Gasteiger partial charge in [-0.1, -0.05) is 18.2 Å². The smallest absolute Gasteiger partial charge is 0.312 e. The second kappa shape index (κ2) is 6.77. The van der Waals surface area contributed by atoms with Gasteiger partial charge in [0.15, 0.2) is 0 Å². The Hall–Kier alpha value is -3.61. The molecule has 2 aromatic carbocycles. The summed E-state index contributed by atoms with van der Waals surface area (Å²) in [6, 6.07) is 13.7. The lowest BCUT2D eigenvalue weighted by molar-refractivity contribution is -0.144. The average molecular weight is 388 g/mol. The van der Waals surface area contributed by atoms with Crippen molar-refractivity contribution in [2.45, 2.75) is 19.6 Å². The third-order valence-electron chi connectivity index (χ3n) is 5.31. The highest BCUT2D eigenvalue weighted by Crippen LogP contribution is 2.37. The van der Waals surface area contributed by atoms with E-state index < -0.39 is 0 Å². The number of para-hydroxylation sites is 1. The first-order valence-electron chi connectivity index (χ1n) is 9.43. The van der Waals surface area contributed by atoms with Crippen molar-refractivity contribution in [2.75, 3.05) is 0 Å². The van der Waals surface area contributed by atoms with Crippen LogP contribution in [0.25, 0.3) is 22.2 Å². The predicted molar refractivity (Wildman–Crippen MR) is 107 cm³/mol. The van der Waals surface area contributed by atoms with E-state index in [9.17, 15) is 4.79 Å². The van der Waals surface area contributed by atoms with Gasteiger partial charge in [-0.05, 0) is 29.8 Å². The van der Waals surface area contributed by atoms with Gasteiger partial charge in [-0.15, -0.1) is 0 Å². The first-order chi connectivity index (χ1) is 14.1. The van der Waals surface area contributed by atoms with E-state index in [2.05, 4.69) is 10.2 Å². The molecule has 1 aliphatic heterocycles. The third-order valence-corrected chi connectivity index (χ3v) is 5.31. The number of rotatable bonds is 4. The molecule has 2 aromatic heterocycles. The maximum atomic E-state index is 12.5. The molecule has 0 N–H and O–H groups in total. The number of aryl methyl sites for hydroxylation is 2. The lowest BCUT2D eigenvalue weighted by atomic mass is 10.0. The standard InChI is InChI=1S/C22H20N4O3/c1-25-18-8-7-14(9-15(18)11-23-25)12-29-21(27)10-19-17-13-28-20-6-4-3-5-16(20)22(17)24-26(19)2/h3-9,11H,10,12-13H2,1-2H3. The molecule has 4 aromatic rings. The number of nitrogens with zero attached hydrogens (tertiary/aromatic N) is 4. The van der Waals surface area contributed by atoms with Gasteiger partial charge >= 0.3 is 5.97 Å². The zero-order valence-corrected chi connectivity index (χ0v) is 16.3. The monoisotopic (exact) mass is 388 g/mol. The van der Waals surface area contributed by atoms with E-state index in [-0.39, 0.29) is 19.0 Å². The summed E-state index contributed by atoms with van der Waals surface area (Å²) >= 11 is 0. The van der Waals surface area contributed by atoms with Gasteiger partial charge in [0.05, 0.1) is 23.8 Å². The van der Waals surface area contributed by atoms with Crippen molar-refractivity contribution in [1.82, 2.24) is 19.6 Å². The fourth-order valence-electron chi connectivity index (χ4n) is 3.78. The molecule has 29 heavy (non-hydrogen) atoms. The van der Waals surface area contributed by atoms with Crippen LogP contribution in [0.15, 0.2) is 48.7 Å². The van der Waals surface area contributed by atoms with Gasteiger partial charge in [0, 0.05) is 30.6 Å². The highest BCUT2D eigenvalue weighted by Gasteiger charge is 2.26. The van der Waals surface area contributed by atoms with Crippen molar-refractivity contribution in [3.05, 3.63) is 65.5 Å². The molecule has 0 saturated carbocycles. The number of ether oxygens (including phenoxy) is 2. The minimum absolute atomic E-state index is 0.152. The summed E-state index contributed by atoms with van der Waals surface area (Å²) in [6.07, 6.45) is 1.96. The molecule has 0 spiro atoms. The molecule has 0 unspecified atom stereocenters. The molecular formula is C22H20N4O3. The van der Waals surface area contributed by atoms with Gasteiger partial charge in [0.1, 0.15) is 24.7 Å². The zero-order valence-electron chi connectivity index (χ0n) is 16.3. The van der Waals surface area contributed by atoms with Gasteiger partial charge in [-0.2, -0.15) is 10.2 Å². The lowest BCUT2D eigenvalue weighted by Crippen LogP contribution is -2.14. The Kier molecular flexibility index (Phi) is 4.08. The Balaban J connectivity index is 1.32. The van der Waals surface area contributed by atoms with Gasteiger partial charge in [-0.25, -0.2) is 0 Å². The molecule has 5 rings (SSSR count). The van der Waals surface area contributed by atoms with Crippen molar-refractivity contribution in [3.8, 4) is 17.0 Å². The van der Waals surface area contributed by atoms with Crippen LogP contribution in [0, 0.1) is 0 Å². The maximum Gasteiger partial charge on any atom is 0.312 e. The number of carbonyl (C=O) groups excluding carboxylic acids is 1. The molecule has 0 atom stereocenters. The summed E-state index contributed by atoms with van der Waals surface area (Å²) in [5.41, 5.74) is 5.57. The Morgan fingerprint density at radius 3 is 2.93 bits per heavy atom. The summed E-state index contributed by atoms with van der Waals surface area (Å²) < 4.78 is 14.9. The first-order valence-corrected chi connectivity index (χ1v) is 9.43. The molecule has 1 aliphatic rings. The van der Waals surface area contributed by atoms with Crippen molar-refractivity contribution < 1.29 is 14.3 Å². The van der Waals surface area contributed by atoms with Crippen molar-refractivity contribution in [3.63, 3.8) is 0 Å². The first kappa shape index (κ1) is 17.5. The summed E-state index contributed by atoms with van der Waals surface area (Å²) in [5.74, 6) is 0.527. The van der Waals surface area contributed by atoms with Gasteiger partial charge in [0.25, 0.3) is 0 Å². The Bertz CT molecular complexity index is 1240. The number of esters is 1. The quantitative estimate of drug-likeness (QED) is 0.502. The number of carbonyl (C=O) groups is 1. The Morgan fingerprint density at radius 2 is 2.03 bits per heavy atom. The Morgan fingerprint density at radius 1 is 1.17 bits per heavy atom. The molecule has 7 heteroatoms. The second-order valence-corrected chi connectivity index (χ2v) is 7.18. The Labute approximate surface area is 167 Å². The zero-order chi connectivity index (χ0) is 20.0. The van der Waals surface area contributed by atoms with Crippen molar-refractivity contribution in [2.24, 2.45) is 14.1 Å². The molecule has 0 amide bonds. The van der Waals surface area contributed by atoms with Crippen LogP contribution < -0.4 is 4.74 Å². The van der Waals surface area contributed by atoms with Crippen molar-refractivity contribution >= 4 is 16.9 Å². The third kappa shape index (κ3) is 3.04. The van der Waals surface area contributed by atoms with Crippen LogP contribution in [0.4, 0.5) is 0 Å². The maximum absolute atomic E-state index is 12.5. The van der Waals surface area contributed by atoms with Crippen LogP contribution in [0.2, 0.25) is 0 Å². The SMILES string of the molecule is Cn1nc2c(c1CC(=O)OCc1ccc3c(cnn3C)c1)COc1ccccc1-2. The van der Waals surface area contributed by atoms with Crippen LogP contribution in [0.5, 0.6) is 5.75 Å². The largest absolute Gasteiger partial charge is 0.488 e. The molecule has 0 fully saturated rings. The van der Waals surface area contributed by atoms with E-state index in [1.165, 1.54) is 0 Å². The summed E-state index contributed by atoms with van der Waals surface area (Å²) in [4.78, 5) is 12.5. The lowest BCUT2D eigenvalue weighted by Gasteiger charge is -2.17. The van der Waals surface area contributed by atoms with Gasteiger partial charge in [-0.3, -0.25) is 14.2 Å². The molecule has 7 nitrogen and oxygen atoms in total. The number of hydrogen-bond acceptors (Lipinski definition) is 5. The van der Waals surface area contributed by atoms with Crippen molar-refractivity contribution in [1.29, 1.82) is 0 Å². The molecule has 0 bridgehead atoms. The van der Waals surface area contributed by atoms with Crippen LogP contribution >= 0.6 is 0 Å². The van der Waals surface area contributed by atoms with E-state index >= 15 is 0 Å². The topological polar surface area (TPSA) is 71.2 Å². The van der Waals surface area contributed by atoms with Crippen LogP contribution in [0.3, 0.4) is 0 Å². The fraction of sp³-hybridized carbons (Fsp3) is 0.227. The van der Waals surface area contributed by atoms with Gasteiger partial charge < -0.3 is 9.47 Å². The number of benzene rings is 2. The normalized spacial score (nSPS) is 12.3. The molecule has 0 radical (unpaired) electrons. The summed E-state index contributed by atoms with van der Waals surface area (Å²) in [7, 11) is 3.75. The molecule has 3 heterocycles. The molecular weight excluding hydrogens is 368 g/mol. The second-order valence-electron chi connectivity index (χ2n) is 7.18. The van der Waals surface area contributed by atoms with E-state index in [1.807, 2.05) is 61.2 Å². The number of aromatic nitrogens is 4. The van der Waals surface area contributed by atoms with Gasteiger partial charge in [0.2, 0.25) is 0 Å². The summed E-state index contributed by atoms with van der Waals surface area (Å²) in [6.45, 7) is 0.628. The number of hydrogen-bond donors (Lipinski definition) is 0. The minimum atomic E-state index is -0.291. The minimum Gasteiger partial charge on any atom is -0.488 e. The highest BCUT2D eigenvalue weighted by atomic mass is 16.5. The van der Waals surface area contributed by atoms with E-state index in [0.717, 1.165) is 44.7 Å². The number of fused-ring (bicyclic) bond motifs is 4. The van der Waals surface area contributed by atoms with E-state index in [4.69, 9.17) is 9.47 Å². The molecule has 0 aliphatic carbocycles. The van der Waals surface area contributed by atoms with Crippen LogP contribution in [0.1, 0.15) is 16.8 Å². The van der Waals surface area contributed by atoms with E-state index in [1.54, 1.807) is 10.9 Å². The predicted octanol–water partition coefficient (Wildman–Crippen LogP) is 3.15.